The minimum Gasteiger partial charge on any atom is -0.324 e. The van der Waals surface area contributed by atoms with Gasteiger partial charge in [-0.3, -0.25) is 9.10 Å². The Labute approximate surface area is 200 Å². The number of aryl methyl sites for hydroxylation is 1. The van der Waals surface area contributed by atoms with Crippen LogP contribution in [0.25, 0.3) is 11.1 Å². The van der Waals surface area contributed by atoms with E-state index >= 15 is 0 Å². The predicted molar refractivity (Wildman–Crippen MR) is 137 cm³/mol. The van der Waals surface area contributed by atoms with Gasteiger partial charge in [0.25, 0.3) is 10.0 Å². The molecule has 1 amide bonds. The molecule has 4 aromatic carbocycles. The zero-order valence-corrected chi connectivity index (χ0v) is 19.7. The van der Waals surface area contributed by atoms with Gasteiger partial charge in [-0.2, -0.15) is 0 Å². The van der Waals surface area contributed by atoms with Crippen LogP contribution in [-0.2, 0) is 21.2 Å². The molecule has 0 bridgehead atoms. The highest BCUT2D eigenvalue weighted by molar-refractivity contribution is 7.92. The van der Waals surface area contributed by atoms with Crippen LogP contribution >= 0.6 is 0 Å². The monoisotopic (exact) mass is 470 g/mol. The first-order chi connectivity index (χ1) is 16.5. The second-order valence-corrected chi connectivity index (χ2v) is 9.63. The van der Waals surface area contributed by atoms with E-state index in [4.69, 9.17) is 0 Å². The summed E-state index contributed by atoms with van der Waals surface area (Å²) < 4.78 is 28.4. The highest BCUT2D eigenvalue weighted by Crippen LogP contribution is 2.30. The Hall–Kier alpha value is -3.90. The van der Waals surface area contributed by atoms with Crippen molar-refractivity contribution < 1.29 is 13.2 Å². The summed E-state index contributed by atoms with van der Waals surface area (Å²) >= 11 is 0. The molecule has 0 radical (unpaired) electrons. The number of carbonyl (C=O) groups is 1. The second kappa shape index (κ2) is 10.4. The number of hydrogen-bond donors (Lipinski definition) is 1. The minimum absolute atomic E-state index is 0.137. The zero-order chi connectivity index (χ0) is 24.0. The standard InChI is InChI=1S/C28H26N2O3S/c1-2-22-13-9-12-20-27(22)30(34(32,33)24-16-7-4-8-17-24)21-28(31)29-26-19-11-10-18-25(26)23-14-5-3-6-15-23/h3-20H,2,21H2,1H3,(H,29,31). The molecule has 172 valence electrons. The molecule has 4 rings (SSSR count). The van der Waals surface area contributed by atoms with Gasteiger partial charge in [-0.05, 0) is 41.8 Å². The first kappa shape index (κ1) is 23.3. The van der Waals surface area contributed by atoms with Crippen LogP contribution < -0.4 is 9.62 Å². The van der Waals surface area contributed by atoms with E-state index in [1.54, 1.807) is 42.5 Å². The Balaban J connectivity index is 1.69. The smallest absolute Gasteiger partial charge is 0.264 e. The molecular formula is C28H26N2O3S. The van der Waals surface area contributed by atoms with Gasteiger partial charge in [-0.15, -0.1) is 0 Å². The average Bonchev–Trinajstić information content (AvgIpc) is 2.88. The van der Waals surface area contributed by atoms with Crippen LogP contribution in [0.2, 0.25) is 0 Å². The maximum Gasteiger partial charge on any atom is 0.264 e. The SMILES string of the molecule is CCc1ccccc1N(CC(=O)Nc1ccccc1-c1ccccc1)S(=O)(=O)c1ccccc1. The molecule has 0 atom stereocenters. The largest absolute Gasteiger partial charge is 0.324 e. The fraction of sp³-hybridized carbons (Fsp3) is 0.107. The number of anilines is 2. The van der Waals surface area contributed by atoms with Crippen LogP contribution in [0.4, 0.5) is 11.4 Å². The Kier molecular flexibility index (Phi) is 7.09. The summed E-state index contributed by atoms with van der Waals surface area (Å²) in [6.07, 6.45) is 0.634. The third-order valence-electron chi connectivity index (χ3n) is 5.55. The molecule has 4 aromatic rings. The number of hydrogen-bond acceptors (Lipinski definition) is 3. The molecular weight excluding hydrogens is 444 g/mol. The van der Waals surface area contributed by atoms with Crippen LogP contribution in [0.15, 0.2) is 114 Å². The Morgan fingerprint density at radius 1 is 0.765 bits per heavy atom. The van der Waals surface area contributed by atoms with Crippen molar-refractivity contribution in [2.45, 2.75) is 18.2 Å². The lowest BCUT2D eigenvalue weighted by Gasteiger charge is -2.26. The van der Waals surface area contributed by atoms with Gasteiger partial charge in [0.15, 0.2) is 0 Å². The molecule has 5 nitrogen and oxygen atoms in total. The van der Waals surface area contributed by atoms with Crippen molar-refractivity contribution in [3.63, 3.8) is 0 Å². The quantitative estimate of drug-likeness (QED) is 0.357. The number of sulfonamides is 1. The summed E-state index contributed by atoms with van der Waals surface area (Å²) in [6.45, 7) is 1.61. The van der Waals surface area contributed by atoms with E-state index in [-0.39, 0.29) is 11.4 Å². The number of nitrogens with one attached hydrogen (secondary N) is 1. The number of benzene rings is 4. The fourth-order valence-electron chi connectivity index (χ4n) is 3.85. The van der Waals surface area contributed by atoms with Gasteiger partial charge in [0.1, 0.15) is 6.54 Å². The topological polar surface area (TPSA) is 66.5 Å². The molecule has 0 aliphatic carbocycles. The molecule has 0 fully saturated rings. The first-order valence-corrected chi connectivity index (χ1v) is 12.5. The Morgan fingerprint density at radius 3 is 2.06 bits per heavy atom. The van der Waals surface area contributed by atoms with Crippen molar-refractivity contribution in [1.29, 1.82) is 0 Å². The van der Waals surface area contributed by atoms with Crippen LogP contribution in [0.5, 0.6) is 0 Å². The van der Waals surface area contributed by atoms with Crippen molar-refractivity contribution in [3.05, 3.63) is 115 Å². The lowest BCUT2D eigenvalue weighted by Crippen LogP contribution is -2.38. The third-order valence-corrected chi connectivity index (χ3v) is 7.32. The molecule has 0 unspecified atom stereocenters. The van der Waals surface area contributed by atoms with Gasteiger partial charge in [0, 0.05) is 11.3 Å². The number of rotatable bonds is 8. The lowest BCUT2D eigenvalue weighted by atomic mass is 10.0. The highest BCUT2D eigenvalue weighted by Gasteiger charge is 2.28. The van der Waals surface area contributed by atoms with E-state index in [1.807, 2.05) is 73.7 Å². The van der Waals surface area contributed by atoms with E-state index in [9.17, 15) is 13.2 Å². The minimum atomic E-state index is -3.96. The third kappa shape index (κ3) is 5.02. The average molecular weight is 471 g/mol. The number of amides is 1. The summed E-state index contributed by atoms with van der Waals surface area (Å²) in [6, 6.07) is 32.7. The van der Waals surface area contributed by atoms with Crippen LogP contribution in [0, 0.1) is 0 Å². The summed E-state index contributed by atoms with van der Waals surface area (Å²) in [7, 11) is -3.96. The van der Waals surface area contributed by atoms with Gasteiger partial charge in [0.2, 0.25) is 5.91 Å². The van der Waals surface area contributed by atoms with E-state index in [1.165, 1.54) is 4.31 Å². The summed E-state index contributed by atoms with van der Waals surface area (Å²) in [5, 5.41) is 2.93. The van der Waals surface area contributed by atoms with Gasteiger partial charge < -0.3 is 5.32 Å². The van der Waals surface area contributed by atoms with Crippen molar-refractivity contribution in [1.82, 2.24) is 0 Å². The van der Waals surface area contributed by atoms with Gasteiger partial charge in [0.05, 0.1) is 10.6 Å². The molecule has 0 saturated heterocycles. The van der Waals surface area contributed by atoms with Crippen LogP contribution in [0.1, 0.15) is 12.5 Å². The molecule has 34 heavy (non-hydrogen) atoms. The Bertz CT molecular complexity index is 1370. The molecule has 0 saturated carbocycles. The van der Waals surface area contributed by atoms with Crippen molar-refractivity contribution >= 4 is 27.3 Å². The van der Waals surface area contributed by atoms with E-state index in [0.717, 1.165) is 16.7 Å². The molecule has 6 heteroatoms. The predicted octanol–water partition coefficient (Wildman–Crippen LogP) is 5.75. The van der Waals surface area contributed by atoms with Gasteiger partial charge >= 0.3 is 0 Å². The maximum absolute atomic E-state index is 13.6. The second-order valence-electron chi connectivity index (χ2n) is 7.77. The molecule has 0 heterocycles. The fourth-order valence-corrected chi connectivity index (χ4v) is 5.33. The van der Waals surface area contributed by atoms with Crippen molar-refractivity contribution in [2.24, 2.45) is 0 Å². The molecule has 0 aliphatic heterocycles. The zero-order valence-electron chi connectivity index (χ0n) is 18.9. The highest BCUT2D eigenvalue weighted by atomic mass is 32.2. The van der Waals surface area contributed by atoms with Crippen molar-refractivity contribution in [2.75, 3.05) is 16.2 Å². The van der Waals surface area contributed by atoms with Crippen LogP contribution in [0.3, 0.4) is 0 Å². The van der Waals surface area contributed by atoms with Crippen molar-refractivity contribution in [3.8, 4) is 11.1 Å². The first-order valence-electron chi connectivity index (χ1n) is 11.1. The van der Waals surface area contributed by atoms with Gasteiger partial charge in [-0.1, -0.05) is 91.9 Å². The Morgan fingerprint density at radius 2 is 1.35 bits per heavy atom. The normalized spacial score (nSPS) is 11.1. The number of nitrogens with zero attached hydrogens (tertiary/aromatic N) is 1. The summed E-state index contributed by atoms with van der Waals surface area (Å²) in [5.74, 6) is -0.422. The van der Waals surface area contributed by atoms with Gasteiger partial charge in [-0.25, -0.2) is 8.42 Å². The molecule has 0 aromatic heterocycles. The lowest BCUT2D eigenvalue weighted by molar-refractivity contribution is -0.114. The van der Waals surface area contributed by atoms with E-state index < -0.39 is 15.9 Å². The molecule has 0 spiro atoms. The maximum atomic E-state index is 13.6. The number of carbonyl (C=O) groups excluding carboxylic acids is 1. The summed E-state index contributed by atoms with van der Waals surface area (Å²) in [4.78, 5) is 13.4. The van der Waals surface area contributed by atoms with Crippen LogP contribution in [-0.4, -0.2) is 20.9 Å². The number of para-hydroxylation sites is 2. The van der Waals surface area contributed by atoms with E-state index in [2.05, 4.69) is 5.32 Å². The molecule has 0 aliphatic rings. The molecule has 1 N–H and O–H groups in total. The van der Waals surface area contributed by atoms with E-state index in [0.29, 0.717) is 17.8 Å². The summed E-state index contributed by atoms with van der Waals surface area (Å²) in [5.41, 5.74) is 3.80.